The van der Waals surface area contributed by atoms with E-state index in [-0.39, 0.29) is 0 Å². The molecule has 0 aliphatic carbocycles. The molecular formula is C24H32N2O5. The summed E-state index contributed by atoms with van der Waals surface area (Å²) in [6.07, 6.45) is 1.84. The van der Waals surface area contributed by atoms with Gasteiger partial charge in [0.05, 0.1) is 28.4 Å². The highest BCUT2D eigenvalue weighted by Crippen LogP contribution is 2.34. The number of ether oxygens (including phenoxy) is 4. The monoisotopic (exact) mass is 428 g/mol. The normalized spacial score (nSPS) is 12.7. The molecule has 0 aromatic heterocycles. The fourth-order valence-electron chi connectivity index (χ4n) is 3.43. The van der Waals surface area contributed by atoms with Gasteiger partial charge in [-0.05, 0) is 62.7 Å². The lowest BCUT2D eigenvalue weighted by Gasteiger charge is -2.24. The van der Waals surface area contributed by atoms with Crippen LogP contribution in [0.25, 0.3) is 0 Å². The van der Waals surface area contributed by atoms with E-state index in [1.807, 2.05) is 25.2 Å². The lowest BCUT2D eigenvalue weighted by atomic mass is 9.90. The highest BCUT2D eigenvalue weighted by Gasteiger charge is 2.30. The summed E-state index contributed by atoms with van der Waals surface area (Å²) in [6.45, 7) is 1.60. The third-order valence-electron chi connectivity index (χ3n) is 5.35. The summed E-state index contributed by atoms with van der Waals surface area (Å²) in [6, 6.07) is 13.0. The van der Waals surface area contributed by atoms with E-state index in [0.29, 0.717) is 35.7 Å². The van der Waals surface area contributed by atoms with E-state index in [1.165, 1.54) is 7.11 Å². The molecule has 0 aliphatic heterocycles. The maximum Gasteiger partial charge on any atom is 0.176 e. The van der Waals surface area contributed by atoms with Crippen LogP contribution in [0.1, 0.15) is 24.0 Å². The molecule has 0 aliphatic rings. The Morgan fingerprint density at radius 2 is 1.45 bits per heavy atom. The van der Waals surface area contributed by atoms with Crippen LogP contribution in [-0.2, 0) is 12.0 Å². The second kappa shape index (κ2) is 11.4. The van der Waals surface area contributed by atoms with Crippen molar-refractivity contribution < 1.29 is 24.1 Å². The van der Waals surface area contributed by atoms with Gasteiger partial charge < -0.3 is 29.0 Å². The minimum absolute atomic E-state index is 0.319. The molecule has 31 heavy (non-hydrogen) atoms. The lowest BCUT2D eigenvalue weighted by molar-refractivity contribution is 0.0818. The number of likely N-dealkylation sites (N-methyl/N-ethyl adjacent to an activating group) is 1. The number of nitriles is 1. The predicted molar refractivity (Wildman–Crippen MR) is 119 cm³/mol. The first-order valence-corrected chi connectivity index (χ1v) is 10.2. The summed E-state index contributed by atoms with van der Waals surface area (Å²) in [7, 11) is 8.35. The molecule has 2 rings (SSSR count). The molecule has 1 atom stereocenters. The van der Waals surface area contributed by atoms with Gasteiger partial charge in [-0.15, -0.1) is 0 Å². The van der Waals surface area contributed by atoms with Crippen molar-refractivity contribution in [1.29, 1.82) is 5.26 Å². The molecule has 1 unspecified atom stereocenters. The maximum absolute atomic E-state index is 10.9. The zero-order valence-electron chi connectivity index (χ0n) is 19.0. The van der Waals surface area contributed by atoms with E-state index in [9.17, 15) is 10.4 Å². The van der Waals surface area contributed by atoms with Crippen LogP contribution in [0.2, 0.25) is 0 Å². The Balaban J connectivity index is 1.91. The lowest BCUT2D eigenvalue weighted by Crippen LogP contribution is -2.27. The molecule has 0 amide bonds. The number of hydrogen-bond acceptors (Lipinski definition) is 7. The van der Waals surface area contributed by atoms with Crippen LogP contribution in [-0.4, -0.2) is 58.6 Å². The Morgan fingerprint density at radius 3 is 2.03 bits per heavy atom. The van der Waals surface area contributed by atoms with E-state index in [2.05, 4.69) is 11.0 Å². The van der Waals surface area contributed by atoms with Gasteiger partial charge in [-0.3, -0.25) is 0 Å². The molecule has 0 saturated heterocycles. The van der Waals surface area contributed by atoms with E-state index >= 15 is 0 Å². The van der Waals surface area contributed by atoms with E-state index in [0.717, 1.165) is 30.8 Å². The molecule has 0 bridgehead atoms. The Hall–Kier alpha value is -2.95. The van der Waals surface area contributed by atoms with Crippen molar-refractivity contribution in [2.75, 3.05) is 48.6 Å². The van der Waals surface area contributed by atoms with Gasteiger partial charge in [-0.2, -0.15) is 5.26 Å². The number of aliphatic hydroxyl groups is 1. The van der Waals surface area contributed by atoms with E-state index < -0.39 is 5.60 Å². The van der Waals surface area contributed by atoms with Crippen molar-refractivity contribution in [2.45, 2.75) is 24.9 Å². The molecule has 0 heterocycles. The first kappa shape index (κ1) is 24.3. The second-order valence-electron chi connectivity index (χ2n) is 7.39. The number of benzene rings is 2. The molecule has 0 saturated carbocycles. The van der Waals surface area contributed by atoms with Crippen LogP contribution in [0, 0.1) is 11.3 Å². The molecule has 0 spiro atoms. The molecule has 1 N–H and O–H groups in total. The molecular weight excluding hydrogens is 396 g/mol. The third kappa shape index (κ3) is 6.27. The van der Waals surface area contributed by atoms with Gasteiger partial charge in [0, 0.05) is 12.1 Å². The molecule has 2 aromatic rings. The predicted octanol–water partition coefficient (Wildman–Crippen LogP) is 3.39. The minimum atomic E-state index is -1.58. The number of nitrogens with zero attached hydrogens (tertiary/aromatic N) is 2. The standard InChI is InChI=1S/C24H32N2O5/c1-26(14-11-18-7-9-20(28-2)22(15-18)30-4)13-6-12-24(27,17-25)19-8-10-21(29-3)23(16-19)31-5/h7-10,15-16,27H,6,11-14H2,1-5H3. The summed E-state index contributed by atoms with van der Waals surface area (Å²) in [4.78, 5) is 2.18. The summed E-state index contributed by atoms with van der Waals surface area (Å²) in [5.74, 6) is 2.48. The Labute approximate surface area is 184 Å². The molecule has 0 radical (unpaired) electrons. The number of methoxy groups -OCH3 is 4. The van der Waals surface area contributed by atoms with Crippen LogP contribution in [0.15, 0.2) is 36.4 Å². The molecule has 0 fully saturated rings. The molecule has 2 aromatic carbocycles. The van der Waals surface area contributed by atoms with Crippen molar-refractivity contribution in [2.24, 2.45) is 0 Å². The van der Waals surface area contributed by atoms with Gasteiger partial charge in [0.15, 0.2) is 28.6 Å². The summed E-state index contributed by atoms with van der Waals surface area (Å²) in [5, 5.41) is 20.5. The highest BCUT2D eigenvalue weighted by atomic mass is 16.5. The summed E-state index contributed by atoms with van der Waals surface area (Å²) >= 11 is 0. The van der Waals surface area contributed by atoms with Crippen LogP contribution >= 0.6 is 0 Å². The number of hydrogen-bond donors (Lipinski definition) is 1. The fourth-order valence-corrected chi connectivity index (χ4v) is 3.43. The fraction of sp³-hybridized carbons (Fsp3) is 0.458. The SMILES string of the molecule is COc1ccc(CCN(C)CCCC(O)(C#N)c2ccc(OC)c(OC)c2)cc1OC. The largest absolute Gasteiger partial charge is 0.493 e. The van der Waals surface area contributed by atoms with Gasteiger partial charge >= 0.3 is 0 Å². The van der Waals surface area contributed by atoms with Gasteiger partial charge in [-0.25, -0.2) is 0 Å². The first-order chi connectivity index (χ1) is 14.9. The van der Waals surface area contributed by atoms with Crippen molar-refractivity contribution >= 4 is 0 Å². The van der Waals surface area contributed by atoms with Gasteiger partial charge in [0.2, 0.25) is 0 Å². The topological polar surface area (TPSA) is 84.2 Å². The van der Waals surface area contributed by atoms with E-state index in [1.54, 1.807) is 39.5 Å². The molecule has 7 heteroatoms. The maximum atomic E-state index is 10.9. The van der Waals surface area contributed by atoms with Crippen molar-refractivity contribution in [3.63, 3.8) is 0 Å². The van der Waals surface area contributed by atoms with Gasteiger partial charge in [-0.1, -0.05) is 12.1 Å². The zero-order valence-corrected chi connectivity index (χ0v) is 19.0. The second-order valence-corrected chi connectivity index (χ2v) is 7.39. The van der Waals surface area contributed by atoms with Crippen LogP contribution in [0.3, 0.4) is 0 Å². The minimum Gasteiger partial charge on any atom is -0.493 e. The van der Waals surface area contributed by atoms with Crippen LogP contribution < -0.4 is 18.9 Å². The van der Waals surface area contributed by atoms with Crippen molar-refractivity contribution in [3.05, 3.63) is 47.5 Å². The smallest absolute Gasteiger partial charge is 0.176 e. The van der Waals surface area contributed by atoms with Gasteiger partial charge in [0.25, 0.3) is 0 Å². The van der Waals surface area contributed by atoms with Gasteiger partial charge in [0.1, 0.15) is 6.07 Å². The van der Waals surface area contributed by atoms with Crippen LogP contribution in [0.5, 0.6) is 23.0 Å². The summed E-state index contributed by atoms with van der Waals surface area (Å²) < 4.78 is 21.2. The highest BCUT2D eigenvalue weighted by molar-refractivity contribution is 5.46. The Kier molecular flexibility index (Phi) is 8.98. The van der Waals surface area contributed by atoms with E-state index in [4.69, 9.17) is 18.9 Å². The average Bonchev–Trinajstić information content (AvgIpc) is 2.81. The van der Waals surface area contributed by atoms with Crippen molar-refractivity contribution in [3.8, 4) is 29.1 Å². The molecule has 7 nitrogen and oxygen atoms in total. The quantitative estimate of drug-likeness (QED) is 0.519. The Morgan fingerprint density at radius 1 is 0.871 bits per heavy atom. The van der Waals surface area contributed by atoms with Crippen LogP contribution in [0.4, 0.5) is 0 Å². The zero-order chi connectivity index (χ0) is 22.9. The molecule has 168 valence electrons. The Bertz CT molecular complexity index is 896. The summed E-state index contributed by atoms with van der Waals surface area (Å²) in [5.41, 5.74) is 0.0768. The first-order valence-electron chi connectivity index (χ1n) is 10.2. The average molecular weight is 429 g/mol. The number of rotatable bonds is 12. The van der Waals surface area contributed by atoms with Crippen molar-refractivity contribution in [1.82, 2.24) is 4.90 Å². The third-order valence-corrected chi connectivity index (χ3v) is 5.35.